The van der Waals surface area contributed by atoms with Crippen LogP contribution in [0.4, 0.5) is 0 Å². The van der Waals surface area contributed by atoms with Crippen LogP contribution in [-0.2, 0) is 11.3 Å². The molecule has 40 heavy (non-hydrogen) atoms. The van der Waals surface area contributed by atoms with E-state index in [1.54, 1.807) is 0 Å². The number of benzene rings is 4. The van der Waals surface area contributed by atoms with Crippen molar-refractivity contribution in [2.45, 2.75) is 70.8 Å². The fraction of sp³-hybridized carbons (Fsp3) is 0.351. The Morgan fingerprint density at radius 1 is 0.400 bits per heavy atom. The van der Waals surface area contributed by atoms with Crippen molar-refractivity contribution >= 4 is 23.2 Å². The summed E-state index contributed by atoms with van der Waals surface area (Å²) in [6.45, 7) is 1.62. The third kappa shape index (κ3) is 9.99. The summed E-state index contributed by atoms with van der Waals surface area (Å²) < 4.78 is 5.81. The summed E-state index contributed by atoms with van der Waals surface area (Å²) in [5.41, 5.74) is 1.27. The molecule has 0 saturated heterocycles. The van der Waals surface area contributed by atoms with Crippen LogP contribution < -0.4 is 32.9 Å². The van der Waals surface area contributed by atoms with Crippen molar-refractivity contribution < 1.29 is 21.7 Å². The zero-order valence-corrected chi connectivity index (χ0v) is 26.5. The molecule has 0 spiro atoms. The molecular formula is C37H46BrOP. The van der Waals surface area contributed by atoms with Gasteiger partial charge in [0.15, 0.2) is 0 Å². The molecule has 3 heteroatoms. The molecule has 0 bridgehead atoms. The fourth-order valence-corrected chi connectivity index (χ4v) is 10.0. The lowest BCUT2D eigenvalue weighted by Crippen LogP contribution is -3.00. The van der Waals surface area contributed by atoms with Gasteiger partial charge >= 0.3 is 0 Å². The Morgan fingerprint density at radius 3 is 1.18 bits per heavy atom. The molecule has 0 saturated carbocycles. The third-order valence-electron chi connectivity index (χ3n) is 7.73. The lowest BCUT2D eigenvalue weighted by Gasteiger charge is -2.27. The van der Waals surface area contributed by atoms with E-state index in [1.165, 1.54) is 91.8 Å². The number of ether oxygens (including phenoxy) is 1. The van der Waals surface area contributed by atoms with Gasteiger partial charge < -0.3 is 21.7 Å². The van der Waals surface area contributed by atoms with E-state index < -0.39 is 7.26 Å². The Morgan fingerprint density at radius 2 is 0.750 bits per heavy atom. The monoisotopic (exact) mass is 616 g/mol. The molecule has 0 atom stereocenters. The molecule has 0 heterocycles. The fourth-order valence-electron chi connectivity index (χ4n) is 5.61. The first-order valence-electron chi connectivity index (χ1n) is 15.1. The van der Waals surface area contributed by atoms with Crippen molar-refractivity contribution in [2.75, 3.05) is 12.8 Å². The Hall–Kier alpha value is -2.25. The predicted octanol–water partition coefficient (Wildman–Crippen LogP) is 6.10. The molecule has 4 aromatic rings. The summed E-state index contributed by atoms with van der Waals surface area (Å²) >= 11 is 0. The standard InChI is InChI=1S/C37H46OP.BrH/c1(3-5-7-21-31-38-33-34-23-13-9-14-24-34)2-4-6-8-22-32-39(35-25-15-10-16-26-35,36-27-17-11-18-28-36)37-29-19-12-20-30-37;/h9-20,23-30H,1-8,21-22,31-33H2;1H/q+1;/p-1. The van der Waals surface area contributed by atoms with E-state index in [-0.39, 0.29) is 17.0 Å². The van der Waals surface area contributed by atoms with Gasteiger partial charge in [-0.05, 0) is 61.2 Å². The molecule has 0 aliphatic heterocycles. The normalized spacial score (nSPS) is 11.2. The van der Waals surface area contributed by atoms with Crippen molar-refractivity contribution in [3.63, 3.8) is 0 Å². The van der Waals surface area contributed by atoms with Gasteiger partial charge in [-0.15, -0.1) is 0 Å². The van der Waals surface area contributed by atoms with Crippen LogP contribution >= 0.6 is 7.26 Å². The smallest absolute Gasteiger partial charge is 0.112 e. The van der Waals surface area contributed by atoms with E-state index in [9.17, 15) is 0 Å². The SMILES string of the molecule is [Br-].c1ccc(COCCCCCCCCCCCC[P+](c2ccccc2)(c2ccccc2)c2ccccc2)cc1. The second-order valence-electron chi connectivity index (χ2n) is 10.6. The average molecular weight is 618 g/mol. The number of rotatable bonds is 18. The van der Waals surface area contributed by atoms with E-state index >= 15 is 0 Å². The van der Waals surface area contributed by atoms with E-state index in [2.05, 4.69) is 121 Å². The molecule has 0 aromatic heterocycles. The molecule has 0 aliphatic carbocycles. The first kappa shape index (κ1) is 32.3. The van der Waals surface area contributed by atoms with Gasteiger partial charge in [0, 0.05) is 6.61 Å². The highest BCUT2D eigenvalue weighted by Gasteiger charge is 2.44. The number of unbranched alkanes of at least 4 members (excludes halogenated alkanes) is 9. The molecule has 0 fully saturated rings. The Kier molecular flexibility index (Phi) is 15.3. The van der Waals surface area contributed by atoms with Crippen molar-refractivity contribution in [1.82, 2.24) is 0 Å². The van der Waals surface area contributed by atoms with E-state index in [0.717, 1.165) is 13.2 Å². The Balaban J connectivity index is 0.00000441. The van der Waals surface area contributed by atoms with Gasteiger partial charge in [0.1, 0.15) is 23.2 Å². The molecule has 0 amide bonds. The molecular weight excluding hydrogens is 571 g/mol. The van der Waals surface area contributed by atoms with Crippen LogP contribution in [0.2, 0.25) is 0 Å². The summed E-state index contributed by atoms with van der Waals surface area (Å²) in [6.07, 6.45) is 14.5. The second-order valence-corrected chi connectivity index (χ2v) is 14.2. The summed E-state index contributed by atoms with van der Waals surface area (Å²) in [6, 6.07) is 44.4. The van der Waals surface area contributed by atoms with Crippen LogP contribution in [0.5, 0.6) is 0 Å². The maximum atomic E-state index is 5.81. The number of halogens is 1. The third-order valence-corrected chi connectivity index (χ3v) is 12.3. The summed E-state index contributed by atoms with van der Waals surface area (Å²) in [5.74, 6) is 0. The van der Waals surface area contributed by atoms with Crippen LogP contribution in [0.1, 0.15) is 69.8 Å². The minimum absolute atomic E-state index is 0. The van der Waals surface area contributed by atoms with Crippen LogP contribution in [0.25, 0.3) is 0 Å². The van der Waals surface area contributed by atoms with Crippen LogP contribution in [0, 0.1) is 0 Å². The van der Waals surface area contributed by atoms with Gasteiger partial charge in [-0.25, -0.2) is 0 Å². The van der Waals surface area contributed by atoms with Gasteiger partial charge in [-0.3, -0.25) is 0 Å². The Labute approximate surface area is 254 Å². The molecule has 0 N–H and O–H groups in total. The molecule has 0 unspecified atom stereocenters. The summed E-state index contributed by atoms with van der Waals surface area (Å²) in [4.78, 5) is 0. The maximum Gasteiger partial charge on any atom is 0.112 e. The van der Waals surface area contributed by atoms with Crippen LogP contribution in [0.3, 0.4) is 0 Å². The summed E-state index contributed by atoms with van der Waals surface area (Å²) in [7, 11) is -1.66. The lowest BCUT2D eigenvalue weighted by atomic mass is 10.1. The van der Waals surface area contributed by atoms with Crippen molar-refractivity contribution in [1.29, 1.82) is 0 Å². The Bertz CT molecular complexity index is 1060. The van der Waals surface area contributed by atoms with Gasteiger partial charge in [0.05, 0.1) is 12.8 Å². The minimum atomic E-state index is -1.66. The largest absolute Gasteiger partial charge is 1.00 e. The molecule has 212 valence electrons. The highest BCUT2D eigenvalue weighted by molar-refractivity contribution is 7.95. The van der Waals surface area contributed by atoms with Crippen LogP contribution in [0.15, 0.2) is 121 Å². The van der Waals surface area contributed by atoms with Crippen molar-refractivity contribution in [2.24, 2.45) is 0 Å². The van der Waals surface area contributed by atoms with E-state index in [4.69, 9.17) is 4.74 Å². The number of hydrogen-bond donors (Lipinski definition) is 0. The highest BCUT2D eigenvalue weighted by atomic mass is 79.9. The topological polar surface area (TPSA) is 9.23 Å². The maximum absolute atomic E-state index is 5.81. The average Bonchev–Trinajstić information content (AvgIpc) is 3.01. The van der Waals surface area contributed by atoms with Gasteiger partial charge in [0.25, 0.3) is 0 Å². The first-order valence-corrected chi connectivity index (χ1v) is 17.0. The second kappa shape index (κ2) is 19.0. The van der Waals surface area contributed by atoms with E-state index in [1.807, 2.05) is 0 Å². The predicted molar refractivity (Wildman–Crippen MR) is 172 cm³/mol. The molecule has 0 aliphatic rings. The molecule has 4 rings (SSSR count). The van der Waals surface area contributed by atoms with Crippen molar-refractivity contribution in [3.05, 3.63) is 127 Å². The minimum Gasteiger partial charge on any atom is -1.00 e. The van der Waals surface area contributed by atoms with Crippen molar-refractivity contribution in [3.8, 4) is 0 Å². The number of hydrogen-bond acceptors (Lipinski definition) is 1. The summed E-state index contributed by atoms with van der Waals surface area (Å²) in [5, 5.41) is 4.52. The molecule has 0 radical (unpaired) electrons. The van der Waals surface area contributed by atoms with Gasteiger partial charge in [0.2, 0.25) is 0 Å². The highest BCUT2D eigenvalue weighted by Crippen LogP contribution is 2.56. The molecule has 1 nitrogen and oxygen atoms in total. The zero-order chi connectivity index (χ0) is 26.9. The lowest BCUT2D eigenvalue weighted by molar-refractivity contribution is -0.00000836. The van der Waals surface area contributed by atoms with Gasteiger partial charge in [-0.1, -0.05) is 130 Å². The molecule has 4 aromatic carbocycles. The van der Waals surface area contributed by atoms with Crippen LogP contribution in [-0.4, -0.2) is 12.8 Å². The van der Waals surface area contributed by atoms with Gasteiger partial charge in [-0.2, -0.15) is 0 Å². The quantitative estimate of drug-likeness (QED) is 0.0969. The first-order chi connectivity index (χ1) is 19.4. The zero-order valence-electron chi connectivity index (χ0n) is 24.0. The van der Waals surface area contributed by atoms with E-state index in [0.29, 0.717) is 0 Å².